The number of amides is 1. The number of halogens is 2. The van der Waals surface area contributed by atoms with Crippen LogP contribution in [-0.4, -0.2) is 69.1 Å². The molecule has 0 bridgehead atoms. The van der Waals surface area contributed by atoms with Crippen molar-refractivity contribution in [3.63, 3.8) is 0 Å². The van der Waals surface area contributed by atoms with Crippen LogP contribution >= 0.6 is 31.9 Å². The third kappa shape index (κ3) is 10.5. The summed E-state index contributed by atoms with van der Waals surface area (Å²) in [5.41, 5.74) is 5.02. The van der Waals surface area contributed by atoms with Crippen LogP contribution in [0.2, 0.25) is 0 Å². The summed E-state index contributed by atoms with van der Waals surface area (Å²) in [6.45, 7) is 2.96. The number of carboxylic acids is 1. The maximum Gasteiger partial charge on any atom is 0.335 e. The molecule has 8 rings (SSSR count). The number of carbonyl (C=O) groups is 2. The lowest BCUT2D eigenvalue weighted by molar-refractivity contribution is -0.0448. The van der Waals surface area contributed by atoms with Gasteiger partial charge in [0.25, 0.3) is 5.91 Å². The average molecular weight is 882 g/mol. The van der Waals surface area contributed by atoms with Gasteiger partial charge in [-0.25, -0.2) is 4.79 Å². The summed E-state index contributed by atoms with van der Waals surface area (Å²) in [5.74, 6) is 1.67. The second-order valence-electron chi connectivity index (χ2n) is 13.6. The molecule has 0 radical (unpaired) electrons. The minimum atomic E-state index is -0.957. The molecule has 12 heteroatoms. The molecule has 3 heterocycles. The first-order valence-electron chi connectivity index (χ1n) is 18.6. The Hall–Kier alpha value is -3.78. The van der Waals surface area contributed by atoms with Crippen LogP contribution < -0.4 is 9.47 Å². The molecule has 1 unspecified atom stereocenters. The SMILES string of the molecule is COc1cccc(C2CCCC2)c1.COc1cccc(C2CCCN2C(=O)c2ccc(Br)c(C3OCCO3)c2)c1.O=C(O)c1ccc(Br)c(C2OCCO2)c1. The van der Waals surface area contributed by atoms with Gasteiger partial charge in [-0.15, -0.1) is 0 Å². The number of likely N-dealkylation sites (tertiary alicyclic amines) is 1. The lowest BCUT2D eigenvalue weighted by atomic mass is 9.98. The summed E-state index contributed by atoms with van der Waals surface area (Å²) in [5, 5.41) is 8.85. The lowest BCUT2D eigenvalue weighted by Crippen LogP contribution is -2.30. The second kappa shape index (κ2) is 19.9. The van der Waals surface area contributed by atoms with Gasteiger partial charge in [0.1, 0.15) is 11.5 Å². The van der Waals surface area contributed by atoms with Gasteiger partial charge in [-0.1, -0.05) is 69.0 Å². The molecule has 1 aliphatic carbocycles. The van der Waals surface area contributed by atoms with Crippen LogP contribution in [0.3, 0.4) is 0 Å². The van der Waals surface area contributed by atoms with Gasteiger partial charge in [0.2, 0.25) is 0 Å². The van der Waals surface area contributed by atoms with E-state index < -0.39 is 18.5 Å². The molecule has 3 aliphatic heterocycles. The van der Waals surface area contributed by atoms with E-state index in [2.05, 4.69) is 56.1 Å². The summed E-state index contributed by atoms with van der Waals surface area (Å²) in [4.78, 5) is 26.0. The van der Waals surface area contributed by atoms with E-state index in [-0.39, 0.29) is 17.5 Å². The quantitative estimate of drug-likeness (QED) is 0.185. The van der Waals surface area contributed by atoms with Crippen molar-refractivity contribution in [2.24, 2.45) is 0 Å². The van der Waals surface area contributed by atoms with E-state index in [4.69, 9.17) is 33.5 Å². The molecular formula is C43H47Br2NO9. The average Bonchev–Trinajstić information content (AvgIpc) is 4.07. The number of methoxy groups -OCH3 is 2. The number of hydrogen-bond donors (Lipinski definition) is 1. The summed E-state index contributed by atoms with van der Waals surface area (Å²) < 4.78 is 34.1. The Morgan fingerprint density at radius 2 is 1.16 bits per heavy atom. The molecule has 1 atom stereocenters. The molecule has 4 fully saturated rings. The largest absolute Gasteiger partial charge is 0.497 e. The predicted octanol–water partition coefficient (Wildman–Crippen LogP) is 10.0. The van der Waals surface area contributed by atoms with Crippen LogP contribution in [0.15, 0.2) is 93.9 Å². The minimum absolute atomic E-state index is 0.0343. The molecule has 1 saturated carbocycles. The van der Waals surface area contributed by atoms with Crippen LogP contribution in [0.5, 0.6) is 11.5 Å². The van der Waals surface area contributed by atoms with Gasteiger partial charge in [0.05, 0.1) is 52.3 Å². The summed E-state index contributed by atoms with van der Waals surface area (Å²) in [6.07, 6.45) is 6.56. The van der Waals surface area contributed by atoms with E-state index in [0.29, 0.717) is 37.6 Å². The Balaban J connectivity index is 0.000000155. The molecule has 4 aromatic rings. The maximum absolute atomic E-state index is 13.3. The number of aromatic carboxylic acids is 1. The standard InChI is InChI=1S/C21H22BrNO4.C12H16O.C10H9BrO4/c1-25-16-5-2-4-14(12-16)19-6-3-9-23(19)20(24)15-7-8-18(22)17(13-15)21-26-10-11-27-21;1-13-12-8-4-7-11(9-12)10-5-2-3-6-10;11-8-2-1-6(9(12)13)5-7(8)10-14-3-4-15-10/h2,4-5,7-8,12-13,19,21H,3,6,9-11H2,1H3;4,7-10H,2-3,5-6H2,1H3;1-2,5,10H,3-4H2,(H,12,13). The number of carboxylic acid groups (broad SMARTS) is 1. The smallest absolute Gasteiger partial charge is 0.335 e. The molecule has 55 heavy (non-hydrogen) atoms. The first kappa shape index (κ1) is 40.9. The zero-order valence-electron chi connectivity index (χ0n) is 31.1. The third-order valence-electron chi connectivity index (χ3n) is 10.1. The van der Waals surface area contributed by atoms with E-state index in [1.807, 2.05) is 47.4 Å². The molecule has 0 spiro atoms. The number of benzene rings is 4. The predicted molar refractivity (Wildman–Crippen MR) is 215 cm³/mol. The number of rotatable bonds is 8. The van der Waals surface area contributed by atoms with Gasteiger partial charge in [0, 0.05) is 32.2 Å². The summed E-state index contributed by atoms with van der Waals surface area (Å²) in [7, 11) is 3.39. The fourth-order valence-electron chi connectivity index (χ4n) is 7.32. The fourth-order valence-corrected chi connectivity index (χ4v) is 8.18. The van der Waals surface area contributed by atoms with Crippen molar-refractivity contribution in [2.45, 2.75) is 63.1 Å². The van der Waals surface area contributed by atoms with Gasteiger partial charge >= 0.3 is 5.97 Å². The van der Waals surface area contributed by atoms with E-state index >= 15 is 0 Å². The van der Waals surface area contributed by atoms with Gasteiger partial charge < -0.3 is 38.4 Å². The van der Waals surface area contributed by atoms with Crippen LogP contribution in [0.4, 0.5) is 0 Å². The topological polar surface area (TPSA) is 113 Å². The van der Waals surface area contributed by atoms with Crippen LogP contribution in [0, 0.1) is 0 Å². The Morgan fingerprint density at radius 3 is 1.71 bits per heavy atom. The molecule has 0 aromatic heterocycles. The summed E-state index contributed by atoms with van der Waals surface area (Å²) >= 11 is 6.88. The van der Waals surface area contributed by atoms with Crippen molar-refractivity contribution < 1.29 is 43.1 Å². The molecule has 1 amide bonds. The lowest BCUT2D eigenvalue weighted by Gasteiger charge is -2.26. The number of nitrogens with zero attached hydrogens (tertiary/aromatic N) is 1. The van der Waals surface area contributed by atoms with Gasteiger partial charge in [0.15, 0.2) is 12.6 Å². The van der Waals surface area contributed by atoms with Gasteiger partial charge in [-0.3, -0.25) is 4.79 Å². The van der Waals surface area contributed by atoms with Crippen LogP contribution in [0.25, 0.3) is 0 Å². The highest BCUT2D eigenvalue weighted by Gasteiger charge is 2.32. The van der Waals surface area contributed by atoms with Gasteiger partial charge in [-0.05, 0) is 103 Å². The molecule has 4 aromatic carbocycles. The molecule has 1 N–H and O–H groups in total. The zero-order chi connectivity index (χ0) is 38.7. The molecular weight excluding hydrogens is 834 g/mol. The third-order valence-corrected chi connectivity index (χ3v) is 11.6. The highest BCUT2D eigenvalue weighted by atomic mass is 79.9. The number of carbonyl (C=O) groups excluding carboxylic acids is 1. The zero-order valence-corrected chi connectivity index (χ0v) is 34.3. The van der Waals surface area contributed by atoms with Crippen molar-refractivity contribution in [3.8, 4) is 11.5 Å². The second-order valence-corrected chi connectivity index (χ2v) is 15.3. The van der Waals surface area contributed by atoms with Gasteiger partial charge in [-0.2, -0.15) is 0 Å². The van der Waals surface area contributed by atoms with Crippen molar-refractivity contribution >= 4 is 43.7 Å². The normalized spacial score (nSPS) is 18.7. The molecule has 4 aliphatic rings. The minimum Gasteiger partial charge on any atom is -0.497 e. The van der Waals surface area contributed by atoms with Crippen LogP contribution in [0.1, 0.15) is 106 Å². The Morgan fingerprint density at radius 1 is 0.655 bits per heavy atom. The van der Waals surface area contributed by atoms with Crippen molar-refractivity contribution in [2.75, 3.05) is 47.2 Å². The van der Waals surface area contributed by atoms with Crippen molar-refractivity contribution in [3.05, 3.63) is 127 Å². The molecule has 3 saturated heterocycles. The first-order valence-corrected chi connectivity index (χ1v) is 20.2. The van der Waals surface area contributed by atoms with Crippen molar-refractivity contribution in [1.29, 1.82) is 0 Å². The highest BCUT2D eigenvalue weighted by Crippen LogP contribution is 2.37. The highest BCUT2D eigenvalue weighted by molar-refractivity contribution is 9.10. The van der Waals surface area contributed by atoms with E-state index in [1.165, 1.54) is 37.3 Å². The first-order chi connectivity index (χ1) is 26.7. The van der Waals surface area contributed by atoms with E-state index in [9.17, 15) is 9.59 Å². The van der Waals surface area contributed by atoms with E-state index in [1.54, 1.807) is 26.4 Å². The molecule has 10 nitrogen and oxygen atoms in total. The number of hydrogen-bond acceptors (Lipinski definition) is 8. The van der Waals surface area contributed by atoms with E-state index in [0.717, 1.165) is 56.9 Å². The Bertz CT molecular complexity index is 1900. The van der Waals surface area contributed by atoms with Crippen LogP contribution in [-0.2, 0) is 18.9 Å². The monoisotopic (exact) mass is 879 g/mol. The number of ether oxygens (including phenoxy) is 6. The summed E-state index contributed by atoms with van der Waals surface area (Å²) in [6, 6.07) is 26.9. The Kier molecular flexibility index (Phi) is 14.8. The maximum atomic E-state index is 13.3. The molecule has 292 valence electrons. The van der Waals surface area contributed by atoms with Crippen molar-refractivity contribution in [1.82, 2.24) is 4.90 Å². The fraction of sp³-hybridized carbons (Fsp3) is 0.395. The Labute approximate surface area is 339 Å².